The molecular weight excluding hydrogens is 279 g/mol. The van der Waals surface area contributed by atoms with Crippen LogP contribution in [0.2, 0.25) is 10.0 Å². The van der Waals surface area contributed by atoms with E-state index in [1.165, 1.54) is 24.8 Å². The Morgan fingerprint density at radius 2 is 2.05 bits per heavy atom. The molecule has 2 unspecified atom stereocenters. The first-order chi connectivity index (χ1) is 9.15. The molecule has 104 valence electrons. The molecule has 1 aliphatic carbocycles. The van der Waals surface area contributed by atoms with Crippen molar-refractivity contribution in [2.24, 2.45) is 5.92 Å². The Balaban J connectivity index is 1.77. The molecule has 2 fully saturated rings. The maximum Gasteiger partial charge on any atom is 0.0468 e. The lowest BCUT2D eigenvalue weighted by Crippen LogP contribution is -2.29. The van der Waals surface area contributed by atoms with Gasteiger partial charge in [0.2, 0.25) is 0 Å². The molecule has 1 heterocycles. The molecule has 2 nitrogen and oxygen atoms in total. The smallest absolute Gasteiger partial charge is 0.0468 e. The van der Waals surface area contributed by atoms with Gasteiger partial charge in [0, 0.05) is 28.7 Å². The quantitative estimate of drug-likeness (QED) is 0.911. The molecule has 1 aliphatic heterocycles. The van der Waals surface area contributed by atoms with Crippen LogP contribution in [0.15, 0.2) is 18.2 Å². The molecule has 0 spiro atoms. The van der Waals surface area contributed by atoms with Crippen LogP contribution < -0.4 is 5.32 Å². The van der Waals surface area contributed by atoms with Crippen molar-refractivity contribution in [1.29, 1.82) is 0 Å². The standard InChI is InChI=1S/C15H20Cl2N2/c1-19-7-6-10(9-18-12-3-4-12)15(19)13-5-2-11(16)8-14(13)17/h2,5,8,10,12,15,18H,3-4,6-7,9H2,1H3. The maximum absolute atomic E-state index is 6.38. The van der Waals surface area contributed by atoms with Crippen molar-refractivity contribution in [1.82, 2.24) is 10.2 Å². The molecule has 0 aromatic heterocycles. The fourth-order valence-corrected chi connectivity index (χ4v) is 3.60. The van der Waals surface area contributed by atoms with E-state index >= 15 is 0 Å². The van der Waals surface area contributed by atoms with Gasteiger partial charge in [0.1, 0.15) is 0 Å². The van der Waals surface area contributed by atoms with Crippen LogP contribution in [0.3, 0.4) is 0 Å². The van der Waals surface area contributed by atoms with Gasteiger partial charge in [-0.1, -0.05) is 29.3 Å². The molecule has 2 aliphatic rings. The van der Waals surface area contributed by atoms with Gasteiger partial charge in [0.15, 0.2) is 0 Å². The fraction of sp³-hybridized carbons (Fsp3) is 0.600. The van der Waals surface area contributed by atoms with E-state index in [1.807, 2.05) is 12.1 Å². The molecule has 2 atom stereocenters. The number of nitrogens with zero attached hydrogens (tertiary/aromatic N) is 1. The third kappa shape index (κ3) is 3.08. The average Bonchev–Trinajstić information content (AvgIpc) is 3.12. The van der Waals surface area contributed by atoms with Crippen molar-refractivity contribution in [3.05, 3.63) is 33.8 Å². The molecule has 1 aromatic carbocycles. The molecule has 0 radical (unpaired) electrons. The van der Waals surface area contributed by atoms with Crippen molar-refractivity contribution >= 4 is 23.2 Å². The van der Waals surface area contributed by atoms with Gasteiger partial charge in [-0.25, -0.2) is 0 Å². The normalized spacial score (nSPS) is 27.9. The second kappa shape index (κ2) is 5.61. The summed E-state index contributed by atoms with van der Waals surface area (Å²) in [4.78, 5) is 2.41. The molecule has 0 bridgehead atoms. The monoisotopic (exact) mass is 298 g/mol. The van der Waals surface area contributed by atoms with Gasteiger partial charge in [-0.05, 0) is 56.5 Å². The van der Waals surface area contributed by atoms with E-state index < -0.39 is 0 Å². The fourth-order valence-electron chi connectivity index (χ4n) is 3.08. The van der Waals surface area contributed by atoms with Crippen LogP contribution in [0, 0.1) is 5.92 Å². The van der Waals surface area contributed by atoms with Gasteiger partial charge in [0.25, 0.3) is 0 Å². The number of hydrogen-bond donors (Lipinski definition) is 1. The van der Waals surface area contributed by atoms with Gasteiger partial charge < -0.3 is 5.32 Å². The van der Waals surface area contributed by atoms with Gasteiger partial charge in [-0.3, -0.25) is 4.90 Å². The first kappa shape index (κ1) is 13.7. The molecule has 1 saturated carbocycles. The lowest BCUT2D eigenvalue weighted by molar-refractivity contribution is 0.272. The third-order valence-electron chi connectivity index (χ3n) is 4.30. The Bertz CT molecular complexity index is 459. The lowest BCUT2D eigenvalue weighted by atomic mass is 9.93. The summed E-state index contributed by atoms with van der Waals surface area (Å²) < 4.78 is 0. The number of nitrogens with one attached hydrogen (secondary N) is 1. The summed E-state index contributed by atoms with van der Waals surface area (Å²) in [5.74, 6) is 0.643. The highest BCUT2D eigenvalue weighted by atomic mass is 35.5. The Morgan fingerprint density at radius 1 is 1.26 bits per heavy atom. The number of halogens is 2. The Hall–Kier alpha value is -0.280. The van der Waals surface area contributed by atoms with E-state index in [4.69, 9.17) is 23.2 Å². The van der Waals surface area contributed by atoms with Gasteiger partial charge in [-0.15, -0.1) is 0 Å². The minimum atomic E-state index is 0.413. The van der Waals surface area contributed by atoms with Crippen LogP contribution in [0.25, 0.3) is 0 Å². The highest BCUT2D eigenvalue weighted by Gasteiger charge is 2.35. The summed E-state index contributed by atoms with van der Waals surface area (Å²) in [6.07, 6.45) is 3.92. The third-order valence-corrected chi connectivity index (χ3v) is 4.86. The second-order valence-electron chi connectivity index (χ2n) is 5.82. The Kier molecular flexibility index (Phi) is 4.04. The highest BCUT2D eigenvalue weighted by molar-refractivity contribution is 6.35. The Morgan fingerprint density at radius 3 is 2.74 bits per heavy atom. The van der Waals surface area contributed by atoms with Gasteiger partial charge in [-0.2, -0.15) is 0 Å². The summed E-state index contributed by atoms with van der Waals surface area (Å²) in [6.45, 7) is 2.24. The van der Waals surface area contributed by atoms with Crippen LogP contribution in [0.4, 0.5) is 0 Å². The predicted octanol–water partition coefficient (Wildman–Crippen LogP) is 3.74. The number of hydrogen-bond acceptors (Lipinski definition) is 2. The number of rotatable bonds is 4. The Labute approximate surface area is 125 Å². The number of benzene rings is 1. The molecule has 1 N–H and O–H groups in total. The van der Waals surface area contributed by atoms with Crippen LogP contribution in [-0.2, 0) is 0 Å². The lowest BCUT2D eigenvalue weighted by Gasteiger charge is -2.26. The molecule has 4 heteroatoms. The predicted molar refractivity (Wildman–Crippen MR) is 81.0 cm³/mol. The molecule has 0 amide bonds. The maximum atomic E-state index is 6.38. The van der Waals surface area contributed by atoms with Gasteiger partial charge in [0.05, 0.1) is 0 Å². The van der Waals surface area contributed by atoms with E-state index in [9.17, 15) is 0 Å². The highest BCUT2D eigenvalue weighted by Crippen LogP contribution is 2.40. The molecule has 1 saturated heterocycles. The SMILES string of the molecule is CN1CCC(CNC2CC2)C1c1ccc(Cl)cc1Cl. The summed E-state index contributed by atoms with van der Waals surface area (Å²) in [5.41, 5.74) is 1.22. The van der Waals surface area contributed by atoms with E-state index in [0.29, 0.717) is 17.0 Å². The van der Waals surface area contributed by atoms with Crippen LogP contribution >= 0.6 is 23.2 Å². The van der Waals surface area contributed by atoms with Crippen LogP contribution in [0.1, 0.15) is 30.9 Å². The van der Waals surface area contributed by atoms with Crippen molar-refractivity contribution in [2.75, 3.05) is 20.1 Å². The zero-order chi connectivity index (χ0) is 13.4. The van der Waals surface area contributed by atoms with Crippen molar-refractivity contribution in [3.8, 4) is 0 Å². The summed E-state index contributed by atoms with van der Waals surface area (Å²) in [6, 6.07) is 7.07. The van der Waals surface area contributed by atoms with Crippen molar-refractivity contribution < 1.29 is 0 Å². The number of likely N-dealkylation sites (tertiary alicyclic amines) is 1. The van der Waals surface area contributed by atoms with Crippen molar-refractivity contribution in [3.63, 3.8) is 0 Å². The first-order valence-electron chi connectivity index (χ1n) is 7.03. The summed E-state index contributed by atoms with van der Waals surface area (Å²) >= 11 is 12.4. The average molecular weight is 299 g/mol. The van der Waals surface area contributed by atoms with E-state index in [0.717, 1.165) is 24.2 Å². The summed E-state index contributed by atoms with van der Waals surface area (Å²) in [5, 5.41) is 5.16. The largest absolute Gasteiger partial charge is 0.314 e. The molecular formula is C15H20Cl2N2. The first-order valence-corrected chi connectivity index (χ1v) is 7.79. The minimum Gasteiger partial charge on any atom is -0.314 e. The van der Waals surface area contributed by atoms with Crippen LogP contribution in [0.5, 0.6) is 0 Å². The molecule has 19 heavy (non-hydrogen) atoms. The topological polar surface area (TPSA) is 15.3 Å². The zero-order valence-electron chi connectivity index (χ0n) is 11.2. The zero-order valence-corrected chi connectivity index (χ0v) is 12.7. The molecule has 1 aromatic rings. The molecule has 3 rings (SSSR count). The van der Waals surface area contributed by atoms with Crippen LogP contribution in [-0.4, -0.2) is 31.1 Å². The van der Waals surface area contributed by atoms with E-state index in [-0.39, 0.29) is 0 Å². The van der Waals surface area contributed by atoms with Crippen molar-refractivity contribution in [2.45, 2.75) is 31.3 Å². The van der Waals surface area contributed by atoms with E-state index in [1.54, 1.807) is 0 Å². The van der Waals surface area contributed by atoms with Gasteiger partial charge >= 0.3 is 0 Å². The minimum absolute atomic E-state index is 0.413. The van der Waals surface area contributed by atoms with E-state index in [2.05, 4.69) is 23.3 Å². The summed E-state index contributed by atoms with van der Waals surface area (Å²) in [7, 11) is 2.19. The second-order valence-corrected chi connectivity index (χ2v) is 6.67.